The number of aliphatic hydroxyl groups excluding tert-OH is 1. The van der Waals surface area contributed by atoms with Crippen LogP contribution in [0.25, 0.3) is 0 Å². The van der Waals surface area contributed by atoms with Crippen LogP contribution >= 0.6 is 0 Å². The Morgan fingerprint density at radius 2 is 1.35 bits per heavy atom. The molecule has 0 aliphatic rings. The molecule has 0 fully saturated rings. The maximum absolute atomic E-state index is 11.0. The van der Waals surface area contributed by atoms with Gasteiger partial charge in [0.15, 0.2) is 0 Å². The molecule has 0 aliphatic heterocycles. The molecule has 0 aromatic carbocycles. The second-order valence-electron chi connectivity index (χ2n) is 5.73. The molecule has 0 bridgehead atoms. The quantitative estimate of drug-likeness (QED) is 0.249. The van der Waals surface area contributed by atoms with Gasteiger partial charge in [-0.2, -0.15) is 0 Å². The van der Waals surface area contributed by atoms with Crippen molar-refractivity contribution in [3.05, 3.63) is 72.9 Å². The van der Waals surface area contributed by atoms with Crippen molar-refractivity contribution in [3.63, 3.8) is 0 Å². The lowest BCUT2D eigenvalue weighted by atomic mass is 10.2. The molecule has 1 N–H and O–H groups in total. The van der Waals surface area contributed by atoms with Crippen LogP contribution in [-0.4, -0.2) is 24.3 Å². The van der Waals surface area contributed by atoms with Crippen molar-refractivity contribution in [2.45, 2.75) is 58.0 Å². The first-order valence-electron chi connectivity index (χ1n) is 9.38. The Bertz CT molecular complexity index is 508. The molecule has 0 rings (SSSR count). The molecule has 26 heavy (non-hydrogen) atoms. The molecule has 0 saturated carbocycles. The van der Waals surface area contributed by atoms with Crippen molar-refractivity contribution in [1.29, 1.82) is 0 Å². The first kappa shape index (κ1) is 23.9. The highest BCUT2D eigenvalue weighted by Crippen LogP contribution is 2.00. The van der Waals surface area contributed by atoms with E-state index < -0.39 is 6.10 Å². The summed E-state index contributed by atoms with van der Waals surface area (Å²) in [5.74, 6) is -0.299. The fraction of sp³-hybridized carbons (Fsp3) is 0.435. The molecule has 0 radical (unpaired) electrons. The summed E-state index contributed by atoms with van der Waals surface area (Å²) in [5, 5.41) is 9.65. The molecule has 0 heterocycles. The minimum Gasteiger partial charge on any atom is -0.469 e. The Balaban J connectivity index is 3.69. The monoisotopic (exact) mass is 358 g/mol. The lowest BCUT2D eigenvalue weighted by Crippen LogP contribution is -2.07. The summed E-state index contributed by atoms with van der Waals surface area (Å²) in [6.07, 6.45) is 29.7. The number of rotatable bonds is 14. The van der Waals surface area contributed by atoms with Gasteiger partial charge in [0.2, 0.25) is 0 Å². The zero-order valence-corrected chi connectivity index (χ0v) is 16.2. The van der Waals surface area contributed by atoms with Crippen LogP contribution in [0.4, 0.5) is 0 Å². The summed E-state index contributed by atoms with van der Waals surface area (Å²) in [4.78, 5) is 11.0. The fourth-order valence-electron chi connectivity index (χ4n) is 1.97. The van der Waals surface area contributed by atoms with E-state index in [0.29, 0.717) is 6.42 Å². The molecule has 0 aliphatic carbocycles. The van der Waals surface area contributed by atoms with Crippen molar-refractivity contribution in [1.82, 2.24) is 0 Å². The number of carbonyl (C=O) groups excluding carboxylic acids is 1. The third kappa shape index (κ3) is 18.2. The molecule has 0 amide bonds. The third-order valence-corrected chi connectivity index (χ3v) is 3.44. The van der Waals surface area contributed by atoms with E-state index in [9.17, 15) is 9.90 Å². The lowest BCUT2D eigenvalue weighted by Gasteiger charge is -2.02. The number of aliphatic hydroxyl groups is 1. The van der Waals surface area contributed by atoms with Gasteiger partial charge in [0.05, 0.1) is 13.2 Å². The van der Waals surface area contributed by atoms with E-state index >= 15 is 0 Å². The smallest absolute Gasteiger partial charge is 0.305 e. The van der Waals surface area contributed by atoms with E-state index in [0.717, 1.165) is 32.1 Å². The summed E-state index contributed by atoms with van der Waals surface area (Å²) >= 11 is 0. The summed E-state index contributed by atoms with van der Waals surface area (Å²) in [5.41, 5.74) is 0. The van der Waals surface area contributed by atoms with Crippen molar-refractivity contribution in [2.24, 2.45) is 0 Å². The Labute approximate surface area is 159 Å². The molecule has 0 saturated heterocycles. The minimum atomic E-state index is -0.615. The van der Waals surface area contributed by atoms with E-state index in [1.807, 2.05) is 12.2 Å². The molecule has 3 nitrogen and oxygen atoms in total. The van der Waals surface area contributed by atoms with E-state index in [1.165, 1.54) is 7.11 Å². The number of ether oxygens (including phenoxy) is 1. The Morgan fingerprint density at radius 1 is 0.846 bits per heavy atom. The van der Waals surface area contributed by atoms with Crippen LogP contribution in [-0.2, 0) is 9.53 Å². The normalized spacial score (nSPS) is 14.1. The Hall–Kier alpha value is -2.13. The number of carbonyl (C=O) groups is 1. The van der Waals surface area contributed by atoms with Crippen LogP contribution in [0.15, 0.2) is 72.9 Å². The summed E-state index contributed by atoms with van der Waals surface area (Å²) < 4.78 is 4.53. The van der Waals surface area contributed by atoms with Crippen molar-refractivity contribution in [2.75, 3.05) is 7.11 Å². The lowest BCUT2D eigenvalue weighted by molar-refractivity contribution is -0.141. The second-order valence-corrected chi connectivity index (χ2v) is 5.73. The number of allylic oxidation sites excluding steroid dienone is 11. The minimum absolute atomic E-state index is 0.230. The first-order valence-corrected chi connectivity index (χ1v) is 9.38. The number of hydrogen-bond acceptors (Lipinski definition) is 3. The molecule has 0 unspecified atom stereocenters. The molecule has 0 aromatic heterocycles. The maximum atomic E-state index is 11.0. The van der Waals surface area contributed by atoms with E-state index in [-0.39, 0.29) is 12.4 Å². The van der Waals surface area contributed by atoms with Crippen molar-refractivity contribution in [3.8, 4) is 0 Å². The number of esters is 1. The van der Waals surface area contributed by atoms with Crippen LogP contribution in [0.5, 0.6) is 0 Å². The number of methoxy groups -OCH3 is 1. The van der Waals surface area contributed by atoms with Gasteiger partial charge < -0.3 is 9.84 Å². The average molecular weight is 359 g/mol. The molecule has 3 heteroatoms. The SMILES string of the molecule is CCC=CCC=CCC=CCC=CCC=CC=C[C@@H](O)CCC(=O)OC. The topological polar surface area (TPSA) is 46.5 Å². The maximum Gasteiger partial charge on any atom is 0.305 e. The predicted octanol–water partition coefficient (Wildman–Crippen LogP) is 5.61. The van der Waals surface area contributed by atoms with Crippen LogP contribution < -0.4 is 0 Å². The van der Waals surface area contributed by atoms with E-state index in [1.54, 1.807) is 12.2 Å². The van der Waals surface area contributed by atoms with Crippen LogP contribution in [0.1, 0.15) is 51.9 Å². The van der Waals surface area contributed by atoms with Gasteiger partial charge in [-0.15, -0.1) is 0 Å². The largest absolute Gasteiger partial charge is 0.469 e. The van der Waals surface area contributed by atoms with Gasteiger partial charge in [-0.05, 0) is 38.5 Å². The van der Waals surface area contributed by atoms with E-state index in [2.05, 4.69) is 60.3 Å². The molecular weight excluding hydrogens is 324 g/mol. The van der Waals surface area contributed by atoms with Crippen LogP contribution in [0.3, 0.4) is 0 Å². The molecule has 1 atom stereocenters. The highest BCUT2D eigenvalue weighted by Gasteiger charge is 2.04. The molecule has 0 aromatic rings. The van der Waals surface area contributed by atoms with Crippen molar-refractivity contribution >= 4 is 5.97 Å². The summed E-state index contributed by atoms with van der Waals surface area (Å²) in [7, 11) is 1.35. The van der Waals surface area contributed by atoms with Crippen LogP contribution in [0, 0.1) is 0 Å². The first-order chi connectivity index (χ1) is 12.7. The predicted molar refractivity (Wildman–Crippen MR) is 111 cm³/mol. The third-order valence-electron chi connectivity index (χ3n) is 3.44. The van der Waals surface area contributed by atoms with Gasteiger partial charge in [-0.1, -0.05) is 79.8 Å². The average Bonchev–Trinajstić information content (AvgIpc) is 2.65. The highest BCUT2D eigenvalue weighted by atomic mass is 16.5. The standard InChI is InChI=1S/C23H34O3/c1-3-4-5-6-7-8-9-10-11-12-13-14-15-16-17-18-19-22(24)20-21-23(25)26-2/h4-5,7-8,10-11,13-14,16-19,22,24H,3,6,9,12,15,20-21H2,1-2H3/t22-/m1/s1. The Morgan fingerprint density at radius 3 is 1.85 bits per heavy atom. The highest BCUT2D eigenvalue weighted by molar-refractivity contribution is 5.69. The van der Waals surface area contributed by atoms with Gasteiger partial charge in [-0.25, -0.2) is 0 Å². The Kier molecular flexibility index (Phi) is 17.6. The molecule has 0 spiro atoms. The fourth-order valence-corrected chi connectivity index (χ4v) is 1.97. The van der Waals surface area contributed by atoms with Crippen molar-refractivity contribution < 1.29 is 14.6 Å². The van der Waals surface area contributed by atoms with Crippen LogP contribution in [0.2, 0.25) is 0 Å². The molecule has 144 valence electrons. The molecular formula is C23H34O3. The van der Waals surface area contributed by atoms with Gasteiger partial charge in [0.25, 0.3) is 0 Å². The number of hydrogen-bond donors (Lipinski definition) is 1. The zero-order valence-electron chi connectivity index (χ0n) is 16.2. The van der Waals surface area contributed by atoms with Gasteiger partial charge in [-0.3, -0.25) is 4.79 Å². The van der Waals surface area contributed by atoms with Gasteiger partial charge in [0, 0.05) is 6.42 Å². The summed E-state index contributed by atoms with van der Waals surface area (Å²) in [6, 6.07) is 0. The second kappa shape index (κ2) is 19.2. The zero-order chi connectivity index (χ0) is 19.3. The van der Waals surface area contributed by atoms with Gasteiger partial charge >= 0.3 is 5.97 Å². The van der Waals surface area contributed by atoms with E-state index in [4.69, 9.17) is 0 Å². The van der Waals surface area contributed by atoms with Gasteiger partial charge in [0.1, 0.15) is 0 Å². The summed E-state index contributed by atoms with van der Waals surface area (Å²) in [6.45, 7) is 2.14.